The van der Waals surface area contributed by atoms with E-state index in [2.05, 4.69) is 50.0 Å². The van der Waals surface area contributed by atoms with E-state index in [4.69, 9.17) is 31.8 Å². The van der Waals surface area contributed by atoms with Gasteiger partial charge in [0.1, 0.15) is 37.9 Å². The van der Waals surface area contributed by atoms with E-state index in [0.29, 0.717) is 39.6 Å². The Bertz CT molecular complexity index is 738. The maximum Gasteiger partial charge on any atom is 0.119 e. The van der Waals surface area contributed by atoms with Crippen LogP contribution in [0.4, 0.5) is 0 Å². The molecule has 152 valence electrons. The standard InChI is InChI=1S/C25H28O4/c1-5-15-26-17-19-28-23-11-7-21(8-12-23)25(3,4)22-9-13-24(14-10-22)29-20-18-27-16-6-2/h1-2,7-14H,15-20H2,3-4H3. The summed E-state index contributed by atoms with van der Waals surface area (Å²) < 4.78 is 21.8. The van der Waals surface area contributed by atoms with E-state index in [9.17, 15) is 0 Å². The van der Waals surface area contributed by atoms with Crippen LogP contribution in [-0.2, 0) is 14.9 Å². The van der Waals surface area contributed by atoms with Crippen molar-refractivity contribution in [2.45, 2.75) is 19.3 Å². The Morgan fingerprint density at radius 3 is 1.38 bits per heavy atom. The molecular weight excluding hydrogens is 364 g/mol. The van der Waals surface area contributed by atoms with Gasteiger partial charge in [0.05, 0.1) is 13.2 Å². The summed E-state index contributed by atoms with van der Waals surface area (Å²) in [5, 5.41) is 0. The minimum atomic E-state index is -0.150. The summed E-state index contributed by atoms with van der Waals surface area (Å²) >= 11 is 0. The van der Waals surface area contributed by atoms with Gasteiger partial charge >= 0.3 is 0 Å². The highest BCUT2D eigenvalue weighted by Gasteiger charge is 2.23. The van der Waals surface area contributed by atoms with Gasteiger partial charge in [-0.1, -0.05) is 50.0 Å². The van der Waals surface area contributed by atoms with Crippen molar-refractivity contribution in [1.29, 1.82) is 0 Å². The zero-order chi connectivity index (χ0) is 21.0. The first-order chi connectivity index (χ1) is 14.1. The van der Waals surface area contributed by atoms with Gasteiger partial charge in [-0.2, -0.15) is 0 Å². The van der Waals surface area contributed by atoms with Gasteiger partial charge in [0.15, 0.2) is 0 Å². The van der Waals surface area contributed by atoms with Gasteiger partial charge in [0.2, 0.25) is 0 Å². The van der Waals surface area contributed by atoms with Crippen LogP contribution < -0.4 is 9.47 Å². The minimum absolute atomic E-state index is 0.150. The third-order valence-corrected chi connectivity index (χ3v) is 4.52. The third kappa shape index (κ3) is 7.20. The average Bonchev–Trinajstić information content (AvgIpc) is 2.74. The van der Waals surface area contributed by atoms with Crippen LogP contribution in [-0.4, -0.2) is 39.6 Å². The minimum Gasteiger partial charge on any atom is -0.491 e. The van der Waals surface area contributed by atoms with E-state index in [1.54, 1.807) is 0 Å². The van der Waals surface area contributed by atoms with E-state index < -0.39 is 0 Å². The van der Waals surface area contributed by atoms with Crippen LogP contribution >= 0.6 is 0 Å². The Labute approximate surface area is 174 Å². The molecule has 0 fully saturated rings. The van der Waals surface area contributed by atoms with Gasteiger partial charge in [-0.15, -0.1) is 12.8 Å². The topological polar surface area (TPSA) is 36.9 Å². The second-order valence-corrected chi connectivity index (χ2v) is 6.88. The summed E-state index contributed by atoms with van der Waals surface area (Å²) in [5.41, 5.74) is 2.25. The average molecular weight is 392 g/mol. The molecule has 0 aliphatic carbocycles. The van der Waals surface area contributed by atoms with E-state index in [1.165, 1.54) is 11.1 Å². The molecule has 4 nitrogen and oxygen atoms in total. The Kier molecular flexibility index (Phi) is 9.12. The van der Waals surface area contributed by atoms with Gasteiger partial charge in [0.25, 0.3) is 0 Å². The largest absolute Gasteiger partial charge is 0.491 e. The highest BCUT2D eigenvalue weighted by molar-refractivity contribution is 5.41. The molecule has 0 atom stereocenters. The van der Waals surface area contributed by atoms with Crippen molar-refractivity contribution in [2.24, 2.45) is 0 Å². The number of hydrogen-bond donors (Lipinski definition) is 0. The van der Waals surface area contributed by atoms with Crippen LogP contribution in [0.3, 0.4) is 0 Å². The van der Waals surface area contributed by atoms with Gasteiger partial charge in [-0.3, -0.25) is 0 Å². The molecule has 0 amide bonds. The molecule has 0 aliphatic rings. The van der Waals surface area contributed by atoms with Crippen LogP contribution in [0.15, 0.2) is 48.5 Å². The zero-order valence-corrected chi connectivity index (χ0v) is 17.1. The van der Waals surface area contributed by atoms with Crippen LogP contribution in [0.2, 0.25) is 0 Å². The molecule has 0 aliphatic heterocycles. The van der Waals surface area contributed by atoms with E-state index in [0.717, 1.165) is 11.5 Å². The number of hydrogen-bond acceptors (Lipinski definition) is 4. The summed E-state index contributed by atoms with van der Waals surface area (Å²) in [5.74, 6) is 6.48. The van der Waals surface area contributed by atoms with Crippen molar-refractivity contribution < 1.29 is 18.9 Å². The molecule has 2 aromatic rings. The van der Waals surface area contributed by atoms with Crippen LogP contribution in [0.25, 0.3) is 0 Å². The molecule has 0 bridgehead atoms. The van der Waals surface area contributed by atoms with Crippen molar-refractivity contribution in [3.05, 3.63) is 59.7 Å². The van der Waals surface area contributed by atoms with Crippen molar-refractivity contribution >= 4 is 0 Å². The van der Waals surface area contributed by atoms with Crippen molar-refractivity contribution in [3.8, 4) is 36.2 Å². The molecule has 2 rings (SSSR count). The van der Waals surface area contributed by atoms with Gasteiger partial charge in [0, 0.05) is 5.41 Å². The predicted octanol–water partition coefficient (Wildman–Crippen LogP) is 4.07. The second kappa shape index (κ2) is 11.8. The quantitative estimate of drug-likeness (QED) is 0.403. The van der Waals surface area contributed by atoms with Crippen LogP contribution in [0.1, 0.15) is 25.0 Å². The lowest BCUT2D eigenvalue weighted by Crippen LogP contribution is -2.18. The summed E-state index contributed by atoms with van der Waals surface area (Å²) in [4.78, 5) is 0. The molecule has 2 aromatic carbocycles. The monoisotopic (exact) mass is 392 g/mol. The molecule has 0 aromatic heterocycles. The Morgan fingerprint density at radius 1 is 0.655 bits per heavy atom. The first-order valence-corrected chi connectivity index (χ1v) is 9.57. The zero-order valence-electron chi connectivity index (χ0n) is 17.1. The lowest BCUT2D eigenvalue weighted by molar-refractivity contribution is 0.124. The van der Waals surface area contributed by atoms with Crippen molar-refractivity contribution in [3.63, 3.8) is 0 Å². The highest BCUT2D eigenvalue weighted by Crippen LogP contribution is 2.33. The fourth-order valence-corrected chi connectivity index (χ4v) is 2.80. The smallest absolute Gasteiger partial charge is 0.119 e. The number of benzene rings is 2. The molecule has 0 N–H and O–H groups in total. The molecule has 0 spiro atoms. The predicted molar refractivity (Wildman–Crippen MR) is 115 cm³/mol. The molecule has 0 radical (unpaired) electrons. The van der Waals surface area contributed by atoms with E-state index in [1.807, 2.05) is 24.3 Å². The van der Waals surface area contributed by atoms with E-state index >= 15 is 0 Å². The van der Waals surface area contributed by atoms with Gasteiger partial charge in [-0.05, 0) is 35.4 Å². The summed E-state index contributed by atoms with van der Waals surface area (Å²) in [6.45, 7) is 6.89. The Hall–Kier alpha value is -2.92. The van der Waals surface area contributed by atoms with Crippen LogP contribution in [0, 0.1) is 24.7 Å². The first-order valence-electron chi connectivity index (χ1n) is 9.57. The fourth-order valence-electron chi connectivity index (χ4n) is 2.80. The molecule has 0 heterocycles. The molecule has 0 saturated heterocycles. The lowest BCUT2D eigenvalue weighted by Gasteiger charge is -2.26. The molecule has 0 unspecified atom stereocenters. The second-order valence-electron chi connectivity index (χ2n) is 6.88. The van der Waals surface area contributed by atoms with E-state index in [-0.39, 0.29) is 5.41 Å². The Balaban J connectivity index is 1.90. The third-order valence-electron chi connectivity index (χ3n) is 4.52. The molecule has 4 heteroatoms. The number of rotatable bonds is 12. The first kappa shape index (κ1) is 22.4. The normalized spacial score (nSPS) is 10.8. The lowest BCUT2D eigenvalue weighted by atomic mass is 9.78. The SMILES string of the molecule is C#CCOCCOc1ccc(C(C)(C)c2ccc(OCCOCC#C)cc2)cc1. The molecule has 29 heavy (non-hydrogen) atoms. The summed E-state index contributed by atoms with van der Waals surface area (Å²) in [6.07, 6.45) is 10.3. The summed E-state index contributed by atoms with van der Waals surface area (Å²) in [7, 11) is 0. The maximum atomic E-state index is 5.67. The maximum absolute atomic E-state index is 5.67. The molecular formula is C25H28O4. The van der Waals surface area contributed by atoms with Crippen molar-refractivity contribution in [2.75, 3.05) is 39.6 Å². The van der Waals surface area contributed by atoms with Crippen LogP contribution in [0.5, 0.6) is 11.5 Å². The van der Waals surface area contributed by atoms with Gasteiger partial charge < -0.3 is 18.9 Å². The summed E-state index contributed by atoms with van der Waals surface area (Å²) in [6, 6.07) is 16.3. The highest BCUT2D eigenvalue weighted by atomic mass is 16.5. The Morgan fingerprint density at radius 2 is 1.03 bits per heavy atom. The van der Waals surface area contributed by atoms with Gasteiger partial charge in [-0.25, -0.2) is 0 Å². The fraction of sp³-hybridized carbons (Fsp3) is 0.360. The number of ether oxygens (including phenoxy) is 4. The number of terminal acetylenes is 2. The molecule has 0 saturated carbocycles. The van der Waals surface area contributed by atoms with Crippen molar-refractivity contribution in [1.82, 2.24) is 0 Å².